The molecule has 0 aromatic heterocycles. The lowest BCUT2D eigenvalue weighted by Crippen LogP contribution is -2.34. The zero-order valence-electron chi connectivity index (χ0n) is 8.30. The number of hydrogen-bond acceptors (Lipinski definition) is 2. The van der Waals surface area contributed by atoms with Gasteiger partial charge in [-0.2, -0.15) is 0 Å². The van der Waals surface area contributed by atoms with Crippen molar-refractivity contribution >= 4 is 5.91 Å². The van der Waals surface area contributed by atoms with Gasteiger partial charge in [-0.1, -0.05) is 12.8 Å². The van der Waals surface area contributed by atoms with E-state index in [0.29, 0.717) is 12.5 Å². The minimum absolute atomic E-state index is 0.327. The van der Waals surface area contributed by atoms with Gasteiger partial charge in [0.25, 0.3) is 0 Å². The van der Waals surface area contributed by atoms with Gasteiger partial charge in [0.2, 0.25) is 5.91 Å². The SMILES string of the molecule is NCCCN1CCCCCCC1=O. The Kier molecular flexibility index (Phi) is 4.83. The first-order valence-corrected chi connectivity index (χ1v) is 5.32. The highest BCUT2D eigenvalue weighted by Crippen LogP contribution is 2.11. The van der Waals surface area contributed by atoms with E-state index < -0.39 is 0 Å². The van der Waals surface area contributed by atoms with E-state index in [-0.39, 0.29) is 0 Å². The van der Waals surface area contributed by atoms with Crippen molar-refractivity contribution in [3.05, 3.63) is 0 Å². The summed E-state index contributed by atoms with van der Waals surface area (Å²) in [6.07, 6.45) is 6.40. The third-order valence-electron chi connectivity index (χ3n) is 2.55. The summed E-state index contributed by atoms with van der Waals surface area (Å²) < 4.78 is 0. The van der Waals surface area contributed by atoms with Gasteiger partial charge in [0, 0.05) is 19.5 Å². The Morgan fingerprint density at radius 3 is 2.77 bits per heavy atom. The van der Waals surface area contributed by atoms with Crippen LogP contribution >= 0.6 is 0 Å². The van der Waals surface area contributed by atoms with E-state index in [9.17, 15) is 4.79 Å². The van der Waals surface area contributed by atoms with Crippen molar-refractivity contribution in [2.24, 2.45) is 5.73 Å². The number of nitrogens with zero attached hydrogens (tertiary/aromatic N) is 1. The van der Waals surface area contributed by atoms with Crippen molar-refractivity contribution in [3.8, 4) is 0 Å². The minimum atomic E-state index is 0.327. The molecule has 3 nitrogen and oxygen atoms in total. The molecule has 1 rings (SSSR count). The monoisotopic (exact) mass is 184 g/mol. The van der Waals surface area contributed by atoms with Crippen molar-refractivity contribution in [1.82, 2.24) is 4.90 Å². The van der Waals surface area contributed by atoms with Gasteiger partial charge in [0.1, 0.15) is 0 Å². The predicted octanol–water partition coefficient (Wildman–Crippen LogP) is 1.13. The molecule has 1 aliphatic rings. The molecule has 2 N–H and O–H groups in total. The van der Waals surface area contributed by atoms with Crippen LogP contribution in [-0.2, 0) is 4.79 Å². The number of carbonyl (C=O) groups is 1. The molecule has 0 unspecified atom stereocenters. The lowest BCUT2D eigenvalue weighted by molar-refractivity contribution is -0.131. The number of carbonyl (C=O) groups excluding carboxylic acids is 1. The average Bonchev–Trinajstić information content (AvgIpc) is 2.11. The first kappa shape index (κ1) is 10.5. The summed E-state index contributed by atoms with van der Waals surface area (Å²) in [6.45, 7) is 2.48. The number of rotatable bonds is 3. The Labute approximate surface area is 80.3 Å². The molecule has 76 valence electrons. The molecule has 1 fully saturated rings. The number of amides is 1. The summed E-state index contributed by atoms with van der Waals surface area (Å²) in [5.74, 6) is 0.327. The van der Waals surface area contributed by atoms with E-state index in [1.807, 2.05) is 4.90 Å². The highest BCUT2D eigenvalue weighted by atomic mass is 16.2. The van der Waals surface area contributed by atoms with E-state index in [1.165, 1.54) is 12.8 Å². The quantitative estimate of drug-likeness (QED) is 0.714. The van der Waals surface area contributed by atoms with E-state index in [4.69, 9.17) is 5.73 Å². The van der Waals surface area contributed by atoms with Crippen LogP contribution in [0.25, 0.3) is 0 Å². The van der Waals surface area contributed by atoms with E-state index in [1.54, 1.807) is 0 Å². The molecule has 0 atom stereocenters. The van der Waals surface area contributed by atoms with Gasteiger partial charge in [-0.05, 0) is 25.8 Å². The lowest BCUT2D eigenvalue weighted by Gasteiger charge is -2.24. The smallest absolute Gasteiger partial charge is 0.222 e. The molecule has 0 bridgehead atoms. The normalized spacial score (nSPS) is 19.8. The van der Waals surface area contributed by atoms with Crippen LogP contribution in [-0.4, -0.2) is 30.4 Å². The van der Waals surface area contributed by atoms with Crippen LogP contribution in [0.2, 0.25) is 0 Å². The maximum atomic E-state index is 11.6. The molecule has 0 aromatic carbocycles. The standard InChI is InChI=1S/C10H20N2O/c11-7-5-9-12-8-4-2-1-3-6-10(12)13/h1-9,11H2. The van der Waals surface area contributed by atoms with Crippen LogP contribution in [0.1, 0.15) is 38.5 Å². The second kappa shape index (κ2) is 5.97. The highest BCUT2D eigenvalue weighted by Gasteiger charge is 2.14. The van der Waals surface area contributed by atoms with Crippen molar-refractivity contribution in [1.29, 1.82) is 0 Å². The minimum Gasteiger partial charge on any atom is -0.343 e. The molecule has 0 aliphatic carbocycles. The van der Waals surface area contributed by atoms with Crippen molar-refractivity contribution in [2.75, 3.05) is 19.6 Å². The van der Waals surface area contributed by atoms with Crippen LogP contribution in [0.5, 0.6) is 0 Å². The third-order valence-corrected chi connectivity index (χ3v) is 2.55. The van der Waals surface area contributed by atoms with Crippen LogP contribution in [0.4, 0.5) is 0 Å². The molecule has 0 spiro atoms. The predicted molar refractivity (Wildman–Crippen MR) is 53.3 cm³/mol. The molecule has 1 amide bonds. The van der Waals surface area contributed by atoms with Gasteiger partial charge in [-0.25, -0.2) is 0 Å². The van der Waals surface area contributed by atoms with Gasteiger partial charge < -0.3 is 10.6 Å². The van der Waals surface area contributed by atoms with Crippen molar-refractivity contribution in [2.45, 2.75) is 38.5 Å². The first-order valence-electron chi connectivity index (χ1n) is 5.32. The lowest BCUT2D eigenvalue weighted by atomic mass is 10.1. The summed E-state index contributed by atoms with van der Waals surface area (Å²) in [6, 6.07) is 0. The molecule has 3 heteroatoms. The molecule has 0 aromatic rings. The Morgan fingerprint density at radius 2 is 2.00 bits per heavy atom. The summed E-state index contributed by atoms with van der Waals surface area (Å²) in [5, 5.41) is 0. The number of likely N-dealkylation sites (tertiary alicyclic amines) is 1. The van der Waals surface area contributed by atoms with Gasteiger partial charge in [-0.15, -0.1) is 0 Å². The molecule has 1 saturated heterocycles. The number of hydrogen-bond donors (Lipinski definition) is 1. The zero-order chi connectivity index (χ0) is 9.52. The molecular formula is C10H20N2O. The molecular weight excluding hydrogens is 164 g/mol. The molecule has 1 heterocycles. The second-order valence-corrected chi connectivity index (χ2v) is 3.69. The van der Waals surface area contributed by atoms with E-state index in [2.05, 4.69) is 0 Å². The fraction of sp³-hybridized carbons (Fsp3) is 0.900. The maximum absolute atomic E-state index is 11.6. The summed E-state index contributed by atoms with van der Waals surface area (Å²) in [4.78, 5) is 13.5. The Balaban J connectivity index is 2.32. The van der Waals surface area contributed by atoms with Crippen LogP contribution < -0.4 is 5.73 Å². The molecule has 0 saturated carbocycles. The fourth-order valence-electron chi connectivity index (χ4n) is 1.73. The van der Waals surface area contributed by atoms with Gasteiger partial charge in [-0.3, -0.25) is 4.79 Å². The Bertz CT molecular complexity index is 157. The maximum Gasteiger partial charge on any atom is 0.222 e. The Morgan fingerprint density at radius 1 is 1.23 bits per heavy atom. The van der Waals surface area contributed by atoms with Gasteiger partial charge in [0.15, 0.2) is 0 Å². The van der Waals surface area contributed by atoms with Gasteiger partial charge in [0.05, 0.1) is 0 Å². The first-order chi connectivity index (χ1) is 6.34. The third kappa shape index (κ3) is 3.77. The van der Waals surface area contributed by atoms with Crippen molar-refractivity contribution in [3.63, 3.8) is 0 Å². The van der Waals surface area contributed by atoms with E-state index >= 15 is 0 Å². The summed E-state index contributed by atoms with van der Waals surface area (Å²) in [7, 11) is 0. The summed E-state index contributed by atoms with van der Waals surface area (Å²) >= 11 is 0. The molecule has 13 heavy (non-hydrogen) atoms. The van der Waals surface area contributed by atoms with E-state index in [0.717, 1.165) is 38.8 Å². The van der Waals surface area contributed by atoms with Crippen molar-refractivity contribution < 1.29 is 4.79 Å². The fourth-order valence-corrected chi connectivity index (χ4v) is 1.73. The number of nitrogens with two attached hydrogens (primary N) is 1. The van der Waals surface area contributed by atoms with Crippen LogP contribution in [0, 0.1) is 0 Å². The topological polar surface area (TPSA) is 46.3 Å². The summed E-state index contributed by atoms with van der Waals surface area (Å²) in [5.41, 5.74) is 5.42. The van der Waals surface area contributed by atoms with Crippen LogP contribution in [0.3, 0.4) is 0 Å². The zero-order valence-corrected chi connectivity index (χ0v) is 8.30. The highest BCUT2D eigenvalue weighted by molar-refractivity contribution is 5.76. The van der Waals surface area contributed by atoms with Crippen LogP contribution in [0.15, 0.2) is 0 Å². The molecule has 1 aliphatic heterocycles. The average molecular weight is 184 g/mol. The largest absolute Gasteiger partial charge is 0.343 e. The van der Waals surface area contributed by atoms with Gasteiger partial charge >= 0.3 is 0 Å². The molecule has 0 radical (unpaired) electrons. The Hall–Kier alpha value is -0.570. The second-order valence-electron chi connectivity index (χ2n) is 3.69.